The topological polar surface area (TPSA) is 54.0 Å². The van der Waals surface area contributed by atoms with Crippen LogP contribution < -0.4 is 10.6 Å². The lowest BCUT2D eigenvalue weighted by molar-refractivity contribution is -0.117. The van der Waals surface area contributed by atoms with E-state index in [2.05, 4.69) is 15.6 Å². The predicted molar refractivity (Wildman–Crippen MR) is 69.3 cm³/mol. The number of nitrogens with one attached hydrogen (secondary N) is 2. The van der Waals surface area contributed by atoms with Gasteiger partial charge in [-0.1, -0.05) is 0 Å². The number of carbonyl (C=O) groups is 1. The molecule has 0 bridgehead atoms. The highest BCUT2D eigenvalue weighted by atomic mass is 32.1. The fourth-order valence-electron chi connectivity index (χ4n) is 2.07. The van der Waals surface area contributed by atoms with E-state index in [-0.39, 0.29) is 11.9 Å². The number of nitrogens with zero attached hydrogens (tertiary/aromatic N) is 1. The van der Waals surface area contributed by atoms with Crippen molar-refractivity contribution in [2.24, 2.45) is 0 Å². The SMILES string of the molecule is O=C(Nc1ccc2ncsc2c1)C1CCCN1. The summed E-state index contributed by atoms with van der Waals surface area (Å²) in [6, 6.07) is 5.77. The Morgan fingerprint density at radius 1 is 1.53 bits per heavy atom. The summed E-state index contributed by atoms with van der Waals surface area (Å²) in [6.45, 7) is 0.936. The van der Waals surface area contributed by atoms with Gasteiger partial charge in [0, 0.05) is 5.69 Å². The van der Waals surface area contributed by atoms with Crippen molar-refractivity contribution in [2.75, 3.05) is 11.9 Å². The summed E-state index contributed by atoms with van der Waals surface area (Å²) < 4.78 is 1.10. The largest absolute Gasteiger partial charge is 0.325 e. The maximum Gasteiger partial charge on any atom is 0.241 e. The second kappa shape index (κ2) is 4.43. The van der Waals surface area contributed by atoms with E-state index in [0.29, 0.717) is 0 Å². The molecule has 1 fully saturated rings. The van der Waals surface area contributed by atoms with E-state index in [4.69, 9.17) is 0 Å². The predicted octanol–water partition coefficient (Wildman–Crippen LogP) is 1.99. The first-order valence-electron chi connectivity index (χ1n) is 5.70. The van der Waals surface area contributed by atoms with Crippen molar-refractivity contribution >= 4 is 33.1 Å². The third kappa shape index (κ3) is 2.16. The van der Waals surface area contributed by atoms with Gasteiger partial charge in [0.05, 0.1) is 21.8 Å². The summed E-state index contributed by atoms with van der Waals surface area (Å²) >= 11 is 1.58. The standard InChI is InChI=1S/C12H13N3OS/c16-12(10-2-1-5-13-10)15-8-3-4-9-11(6-8)17-7-14-9/h3-4,6-7,10,13H,1-2,5H2,(H,15,16). The summed E-state index contributed by atoms with van der Waals surface area (Å²) in [5, 5.41) is 6.13. The molecule has 1 aliphatic heterocycles. The minimum absolute atomic E-state index is 0.0350. The average molecular weight is 247 g/mol. The molecule has 2 N–H and O–H groups in total. The first kappa shape index (κ1) is 10.7. The number of benzene rings is 1. The number of carbonyl (C=O) groups excluding carboxylic acids is 1. The molecule has 3 rings (SSSR count). The Bertz CT molecular complexity index is 545. The van der Waals surface area contributed by atoms with Crippen LogP contribution in [0.3, 0.4) is 0 Å². The normalized spacial score (nSPS) is 19.6. The summed E-state index contributed by atoms with van der Waals surface area (Å²) in [4.78, 5) is 16.1. The van der Waals surface area contributed by atoms with E-state index >= 15 is 0 Å². The lowest BCUT2D eigenvalue weighted by atomic mass is 10.2. The van der Waals surface area contributed by atoms with Gasteiger partial charge in [-0.3, -0.25) is 4.79 Å². The molecular weight excluding hydrogens is 234 g/mol. The zero-order chi connectivity index (χ0) is 11.7. The van der Waals surface area contributed by atoms with Crippen molar-refractivity contribution in [3.8, 4) is 0 Å². The molecule has 4 nitrogen and oxygen atoms in total. The van der Waals surface area contributed by atoms with E-state index in [1.165, 1.54) is 0 Å². The van der Waals surface area contributed by atoms with Crippen LogP contribution in [0.4, 0.5) is 5.69 Å². The van der Waals surface area contributed by atoms with Crippen LogP contribution in [0.2, 0.25) is 0 Å². The van der Waals surface area contributed by atoms with Gasteiger partial charge in [-0.05, 0) is 37.6 Å². The molecule has 88 valence electrons. The Balaban J connectivity index is 1.77. The van der Waals surface area contributed by atoms with Crippen LogP contribution in [-0.2, 0) is 4.79 Å². The van der Waals surface area contributed by atoms with Crippen molar-refractivity contribution in [1.82, 2.24) is 10.3 Å². The number of aromatic nitrogens is 1. The van der Waals surface area contributed by atoms with E-state index in [9.17, 15) is 4.79 Å². The zero-order valence-electron chi connectivity index (χ0n) is 9.27. The van der Waals surface area contributed by atoms with Crippen molar-refractivity contribution in [3.05, 3.63) is 23.7 Å². The average Bonchev–Trinajstić information content (AvgIpc) is 2.99. The zero-order valence-corrected chi connectivity index (χ0v) is 10.1. The van der Waals surface area contributed by atoms with E-state index in [1.54, 1.807) is 11.3 Å². The molecule has 1 atom stereocenters. The second-order valence-electron chi connectivity index (χ2n) is 4.17. The number of anilines is 1. The van der Waals surface area contributed by atoms with Gasteiger partial charge in [0.15, 0.2) is 0 Å². The van der Waals surface area contributed by atoms with Gasteiger partial charge in [-0.15, -0.1) is 11.3 Å². The Labute approximate surface area is 103 Å². The smallest absolute Gasteiger partial charge is 0.241 e. The molecule has 1 saturated heterocycles. The third-order valence-corrected chi connectivity index (χ3v) is 3.77. The highest BCUT2D eigenvalue weighted by Gasteiger charge is 2.21. The minimum atomic E-state index is -0.0350. The van der Waals surface area contributed by atoms with Crippen LogP contribution in [-0.4, -0.2) is 23.5 Å². The van der Waals surface area contributed by atoms with Crippen molar-refractivity contribution in [2.45, 2.75) is 18.9 Å². The van der Waals surface area contributed by atoms with Gasteiger partial charge < -0.3 is 10.6 Å². The van der Waals surface area contributed by atoms with Gasteiger partial charge in [0.1, 0.15) is 0 Å². The fraction of sp³-hybridized carbons (Fsp3) is 0.333. The molecular formula is C12H13N3OS. The van der Waals surface area contributed by atoms with Crippen LogP contribution in [0, 0.1) is 0 Å². The van der Waals surface area contributed by atoms with Crippen LogP contribution in [0.25, 0.3) is 10.2 Å². The number of thiazole rings is 1. The molecule has 1 aliphatic rings. The second-order valence-corrected chi connectivity index (χ2v) is 5.06. The van der Waals surface area contributed by atoms with Gasteiger partial charge in [0.25, 0.3) is 0 Å². The first-order valence-corrected chi connectivity index (χ1v) is 6.58. The number of hydrogen-bond donors (Lipinski definition) is 2. The molecule has 5 heteroatoms. The van der Waals surface area contributed by atoms with E-state index < -0.39 is 0 Å². The van der Waals surface area contributed by atoms with E-state index in [0.717, 1.165) is 35.3 Å². The maximum absolute atomic E-state index is 11.9. The summed E-state index contributed by atoms with van der Waals surface area (Å²) in [5.74, 6) is 0.0614. The molecule has 2 aromatic rings. The lowest BCUT2D eigenvalue weighted by Gasteiger charge is -2.10. The Hall–Kier alpha value is -1.46. The fourth-order valence-corrected chi connectivity index (χ4v) is 2.79. The molecule has 17 heavy (non-hydrogen) atoms. The van der Waals surface area contributed by atoms with Gasteiger partial charge in [-0.25, -0.2) is 4.98 Å². The molecule has 2 heterocycles. The molecule has 0 radical (unpaired) electrons. The lowest BCUT2D eigenvalue weighted by Crippen LogP contribution is -2.35. The molecule has 0 saturated carbocycles. The minimum Gasteiger partial charge on any atom is -0.325 e. The van der Waals surface area contributed by atoms with Crippen molar-refractivity contribution in [1.29, 1.82) is 0 Å². The van der Waals surface area contributed by atoms with Crippen molar-refractivity contribution in [3.63, 3.8) is 0 Å². The highest BCUT2D eigenvalue weighted by Crippen LogP contribution is 2.22. The molecule has 0 aliphatic carbocycles. The maximum atomic E-state index is 11.9. The van der Waals surface area contributed by atoms with Crippen LogP contribution in [0.15, 0.2) is 23.7 Å². The highest BCUT2D eigenvalue weighted by molar-refractivity contribution is 7.16. The molecule has 1 aromatic carbocycles. The molecule has 1 aromatic heterocycles. The van der Waals surface area contributed by atoms with Crippen LogP contribution in [0.1, 0.15) is 12.8 Å². The quantitative estimate of drug-likeness (QED) is 0.853. The first-order chi connectivity index (χ1) is 8.33. The summed E-state index contributed by atoms with van der Waals surface area (Å²) in [7, 11) is 0. The van der Waals surface area contributed by atoms with Gasteiger partial charge in [0.2, 0.25) is 5.91 Å². The molecule has 0 spiro atoms. The van der Waals surface area contributed by atoms with Gasteiger partial charge in [-0.2, -0.15) is 0 Å². The summed E-state index contributed by atoms with van der Waals surface area (Å²) in [6.07, 6.45) is 2.00. The monoisotopic (exact) mass is 247 g/mol. The molecule has 1 amide bonds. The third-order valence-electron chi connectivity index (χ3n) is 2.98. The van der Waals surface area contributed by atoms with Crippen LogP contribution in [0.5, 0.6) is 0 Å². The Kier molecular flexibility index (Phi) is 2.78. The summed E-state index contributed by atoms with van der Waals surface area (Å²) in [5.41, 5.74) is 3.64. The van der Waals surface area contributed by atoms with Crippen molar-refractivity contribution < 1.29 is 4.79 Å². The van der Waals surface area contributed by atoms with Crippen LogP contribution >= 0.6 is 11.3 Å². The number of amides is 1. The number of hydrogen-bond acceptors (Lipinski definition) is 4. The number of fused-ring (bicyclic) bond motifs is 1. The Morgan fingerprint density at radius 3 is 3.29 bits per heavy atom. The van der Waals surface area contributed by atoms with Gasteiger partial charge >= 0.3 is 0 Å². The van der Waals surface area contributed by atoms with E-state index in [1.807, 2.05) is 23.7 Å². The number of rotatable bonds is 2. The Morgan fingerprint density at radius 2 is 2.47 bits per heavy atom. The molecule has 1 unspecified atom stereocenters.